The average molecular weight is 432 g/mol. The lowest BCUT2D eigenvalue weighted by molar-refractivity contribution is 0.243. The highest BCUT2D eigenvalue weighted by atomic mass is 32.2. The molecule has 3 aromatic rings. The summed E-state index contributed by atoms with van der Waals surface area (Å²) in [5.74, 6) is 1.40. The first-order valence-electron chi connectivity index (χ1n) is 9.61. The predicted octanol–water partition coefficient (Wildman–Crippen LogP) is 5.96. The number of aromatic nitrogens is 1. The Morgan fingerprint density at radius 1 is 1.17 bits per heavy atom. The van der Waals surface area contributed by atoms with E-state index in [1.165, 1.54) is 11.3 Å². The van der Waals surface area contributed by atoms with Gasteiger partial charge in [-0.05, 0) is 49.0 Å². The maximum Gasteiger partial charge on any atom is 0.163 e. The predicted molar refractivity (Wildman–Crippen MR) is 120 cm³/mol. The van der Waals surface area contributed by atoms with Crippen molar-refractivity contribution in [3.05, 3.63) is 41.4 Å². The van der Waals surface area contributed by atoms with Crippen LogP contribution in [0, 0.1) is 4.91 Å². The first kappa shape index (κ1) is 21.5. The van der Waals surface area contributed by atoms with Crippen LogP contribution in [0.1, 0.15) is 20.3 Å². The van der Waals surface area contributed by atoms with E-state index in [1.54, 1.807) is 31.1 Å². The highest BCUT2D eigenvalue weighted by Gasteiger charge is 2.13. The molecular weight excluding hydrogens is 406 g/mol. The monoisotopic (exact) mass is 431 g/mol. The van der Waals surface area contributed by atoms with Gasteiger partial charge in [0.25, 0.3) is 0 Å². The molecule has 0 spiro atoms. The Balaban J connectivity index is 1.78. The largest absolute Gasteiger partial charge is 0.493 e. The highest BCUT2D eigenvalue weighted by Crippen LogP contribution is 2.41. The summed E-state index contributed by atoms with van der Waals surface area (Å²) in [6.45, 7) is 8.09. The number of methoxy groups -OCH3 is 1. The van der Waals surface area contributed by atoms with Crippen LogP contribution >= 0.6 is 23.1 Å². The lowest BCUT2D eigenvalue weighted by Crippen LogP contribution is -2.25. The van der Waals surface area contributed by atoms with Crippen LogP contribution in [0.15, 0.2) is 50.8 Å². The zero-order chi connectivity index (χ0) is 20.6. The molecule has 0 atom stereocenters. The van der Waals surface area contributed by atoms with E-state index in [0.717, 1.165) is 46.1 Å². The minimum atomic E-state index is 0.476. The summed E-state index contributed by atoms with van der Waals surface area (Å²) in [5, 5.41) is 4.46. The lowest BCUT2D eigenvalue weighted by Gasteiger charge is -2.18. The van der Waals surface area contributed by atoms with Crippen molar-refractivity contribution in [1.29, 1.82) is 0 Å². The van der Waals surface area contributed by atoms with Crippen LogP contribution in [0.3, 0.4) is 0 Å². The molecular formula is C21H25N3O3S2. The van der Waals surface area contributed by atoms with Gasteiger partial charge in [-0.2, -0.15) is 0 Å². The number of thiophene rings is 1. The average Bonchev–Trinajstić information content (AvgIpc) is 3.21. The Morgan fingerprint density at radius 3 is 2.69 bits per heavy atom. The van der Waals surface area contributed by atoms with Crippen LogP contribution in [-0.4, -0.2) is 43.2 Å². The van der Waals surface area contributed by atoms with Crippen LogP contribution in [0.25, 0.3) is 10.9 Å². The van der Waals surface area contributed by atoms with E-state index in [9.17, 15) is 4.91 Å². The summed E-state index contributed by atoms with van der Waals surface area (Å²) in [7, 11) is 1.65. The summed E-state index contributed by atoms with van der Waals surface area (Å²) in [4.78, 5) is 18.6. The summed E-state index contributed by atoms with van der Waals surface area (Å²) >= 11 is 2.96. The van der Waals surface area contributed by atoms with Crippen molar-refractivity contribution in [3.63, 3.8) is 0 Å². The maximum absolute atomic E-state index is 10.7. The number of hydrogen-bond acceptors (Lipinski definition) is 8. The normalized spacial score (nSPS) is 11.2. The second kappa shape index (κ2) is 10.6. The molecule has 0 aliphatic rings. The Hall–Kier alpha value is -2.16. The molecule has 0 radical (unpaired) electrons. The van der Waals surface area contributed by atoms with Crippen LogP contribution in [0.2, 0.25) is 0 Å². The third-order valence-corrected chi connectivity index (χ3v) is 6.80. The SMILES string of the molecule is CCN(CC)CCCOc1cc2nccc(Sc3ccc(N=O)s3)c2cc1OC. The van der Waals surface area contributed by atoms with E-state index in [-0.39, 0.29) is 0 Å². The molecule has 0 aliphatic heterocycles. The molecule has 29 heavy (non-hydrogen) atoms. The van der Waals surface area contributed by atoms with Gasteiger partial charge in [-0.25, -0.2) is 0 Å². The number of rotatable bonds is 11. The van der Waals surface area contributed by atoms with Crippen LogP contribution in [0.4, 0.5) is 5.00 Å². The zero-order valence-corrected chi connectivity index (χ0v) is 18.5. The standard InChI is InChI=1S/C21H25N3O3S2/c1-4-24(5-2)11-6-12-27-18-14-16-15(13-17(18)26-3)19(9-10-22-16)28-21-8-7-20(23-25)29-21/h7-10,13-14H,4-6,11-12H2,1-3H3. The summed E-state index contributed by atoms with van der Waals surface area (Å²) in [6, 6.07) is 9.50. The van der Waals surface area contributed by atoms with Crippen molar-refractivity contribution in [2.75, 3.05) is 33.4 Å². The fourth-order valence-corrected chi connectivity index (χ4v) is 4.99. The third-order valence-electron chi connectivity index (χ3n) is 4.63. The van der Waals surface area contributed by atoms with Crippen molar-refractivity contribution >= 4 is 39.0 Å². The molecule has 0 aliphatic carbocycles. The number of hydrogen-bond donors (Lipinski definition) is 0. The number of benzene rings is 1. The third kappa shape index (κ3) is 5.46. The van der Waals surface area contributed by atoms with Gasteiger partial charge in [0, 0.05) is 29.1 Å². The maximum atomic E-state index is 10.7. The molecule has 3 rings (SSSR count). The zero-order valence-electron chi connectivity index (χ0n) is 16.9. The molecule has 6 nitrogen and oxygen atoms in total. The number of ether oxygens (including phenoxy) is 2. The second-order valence-electron chi connectivity index (χ2n) is 6.34. The summed E-state index contributed by atoms with van der Waals surface area (Å²) < 4.78 is 12.6. The first-order valence-corrected chi connectivity index (χ1v) is 11.2. The summed E-state index contributed by atoms with van der Waals surface area (Å²) in [6.07, 6.45) is 2.74. The molecule has 0 bridgehead atoms. The number of fused-ring (bicyclic) bond motifs is 1. The van der Waals surface area contributed by atoms with Crippen LogP contribution in [-0.2, 0) is 0 Å². The molecule has 0 amide bonds. The van der Waals surface area contributed by atoms with Gasteiger partial charge in [-0.1, -0.05) is 25.6 Å². The van der Waals surface area contributed by atoms with E-state index in [2.05, 4.69) is 28.9 Å². The molecule has 0 N–H and O–H groups in total. The molecule has 0 fully saturated rings. The Labute approximate surface area is 179 Å². The molecule has 2 aromatic heterocycles. The number of nitrogens with zero attached hydrogens (tertiary/aromatic N) is 3. The molecule has 0 unspecified atom stereocenters. The van der Waals surface area contributed by atoms with E-state index in [0.29, 0.717) is 23.1 Å². The minimum absolute atomic E-state index is 0.476. The molecule has 0 saturated heterocycles. The molecule has 1 aromatic carbocycles. The van der Waals surface area contributed by atoms with Gasteiger partial charge in [0.1, 0.15) is 0 Å². The van der Waals surface area contributed by atoms with Crippen molar-refractivity contribution in [2.45, 2.75) is 29.4 Å². The van der Waals surface area contributed by atoms with E-state index >= 15 is 0 Å². The van der Waals surface area contributed by atoms with Crippen molar-refractivity contribution in [1.82, 2.24) is 9.88 Å². The van der Waals surface area contributed by atoms with Gasteiger partial charge < -0.3 is 14.4 Å². The Morgan fingerprint density at radius 2 is 2.00 bits per heavy atom. The van der Waals surface area contributed by atoms with Gasteiger partial charge in [-0.3, -0.25) is 4.98 Å². The van der Waals surface area contributed by atoms with Gasteiger partial charge >= 0.3 is 0 Å². The number of pyridine rings is 1. The van der Waals surface area contributed by atoms with Crippen LogP contribution in [0.5, 0.6) is 11.5 Å². The number of nitroso groups, excluding NO2 is 1. The highest BCUT2D eigenvalue weighted by molar-refractivity contribution is 8.01. The van der Waals surface area contributed by atoms with E-state index < -0.39 is 0 Å². The molecule has 8 heteroatoms. The van der Waals surface area contributed by atoms with Gasteiger partial charge in [0.2, 0.25) is 0 Å². The molecule has 0 saturated carbocycles. The van der Waals surface area contributed by atoms with E-state index in [1.807, 2.05) is 24.3 Å². The second-order valence-corrected chi connectivity index (χ2v) is 8.75. The first-order chi connectivity index (χ1) is 14.2. The minimum Gasteiger partial charge on any atom is -0.493 e. The van der Waals surface area contributed by atoms with Gasteiger partial charge in [-0.15, -0.1) is 16.2 Å². The van der Waals surface area contributed by atoms with Crippen molar-refractivity contribution in [3.8, 4) is 11.5 Å². The molecule has 154 valence electrons. The van der Waals surface area contributed by atoms with Crippen molar-refractivity contribution < 1.29 is 9.47 Å². The Bertz CT molecular complexity index is 957. The fraction of sp³-hybridized carbons (Fsp3) is 0.381. The summed E-state index contributed by atoms with van der Waals surface area (Å²) in [5.41, 5.74) is 0.847. The fourth-order valence-electron chi connectivity index (χ4n) is 3.02. The van der Waals surface area contributed by atoms with E-state index in [4.69, 9.17) is 9.47 Å². The van der Waals surface area contributed by atoms with Crippen LogP contribution < -0.4 is 9.47 Å². The topological polar surface area (TPSA) is 64.0 Å². The quantitative estimate of drug-likeness (QED) is 0.275. The van der Waals surface area contributed by atoms with Crippen molar-refractivity contribution in [2.24, 2.45) is 5.18 Å². The van der Waals surface area contributed by atoms with Gasteiger partial charge in [0.15, 0.2) is 16.5 Å². The Kier molecular flexibility index (Phi) is 7.85. The molecule has 2 heterocycles. The smallest absolute Gasteiger partial charge is 0.163 e. The lowest BCUT2D eigenvalue weighted by atomic mass is 10.2. The van der Waals surface area contributed by atoms with Gasteiger partial charge in [0.05, 0.1) is 23.4 Å².